The highest BCUT2D eigenvalue weighted by Gasteiger charge is 2.50. The number of nitrogens with zero attached hydrogens (tertiary/aromatic N) is 2. The van der Waals surface area contributed by atoms with Crippen molar-refractivity contribution >= 4 is 39.3 Å². The molecule has 1 aromatic heterocycles. The van der Waals surface area contributed by atoms with Gasteiger partial charge in [0.05, 0.1) is 29.9 Å². The number of nitrogens with one attached hydrogen (secondary N) is 1. The Hall–Kier alpha value is -2.56. The van der Waals surface area contributed by atoms with Crippen LogP contribution in [-0.4, -0.2) is 61.6 Å². The summed E-state index contributed by atoms with van der Waals surface area (Å²) in [5.74, 6) is -11.8. The van der Waals surface area contributed by atoms with Crippen LogP contribution in [0.3, 0.4) is 0 Å². The van der Waals surface area contributed by atoms with E-state index < -0.39 is 87.1 Å². The van der Waals surface area contributed by atoms with Crippen molar-refractivity contribution in [3.05, 3.63) is 45.8 Å². The first-order valence-corrected chi connectivity index (χ1v) is 11.5. The minimum atomic E-state index is -4.67. The molecule has 36 heavy (non-hydrogen) atoms. The number of alkyl halides is 6. The summed E-state index contributed by atoms with van der Waals surface area (Å²) in [7, 11) is -4.67. The number of carbonyl (C=O) groups excluding carboxylic acids is 1. The summed E-state index contributed by atoms with van der Waals surface area (Å²) < 4.78 is 126. The zero-order valence-corrected chi connectivity index (χ0v) is 19.6. The van der Waals surface area contributed by atoms with Gasteiger partial charge in [-0.25, -0.2) is 31.7 Å². The largest absolute Gasteiger partial charge is 0.470 e. The van der Waals surface area contributed by atoms with Gasteiger partial charge in [-0.15, -0.1) is 0 Å². The van der Waals surface area contributed by atoms with Gasteiger partial charge in [-0.3, -0.25) is 4.79 Å². The molecule has 0 atom stereocenters. The minimum absolute atomic E-state index is 0.243. The highest BCUT2D eigenvalue weighted by molar-refractivity contribution is 7.87. The number of amides is 1. The molecule has 1 amide bonds. The van der Waals surface area contributed by atoms with Gasteiger partial charge in [0.25, 0.3) is 11.8 Å². The summed E-state index contributed by atoms with van der Waals surface area (Å²) in [6, 6.07) is 2.23. The number of halogens is 9. The average Bonchev–Trinajstić information content (AvgIpc) is 2.73. The van der Waals surface area contributed by atoms with Crippen molar-refractivity contribution in [1.29, 1.82) is 0 Å². The van der Waals surface area contributed by atoms with E-state index in [9.17, 15) is 43.9 Å². The van der Waals surface area contributed by atoms with Crippen molar-refractivity contribution in [3.63, 3.8) is 0 Å². The molecule has 2 aromatic rings. The molecule has 1 aliphatic rings. The Labute approximate surface area is 208 Å². The van der Waals surface area contributed by atoms with Crippen LogP contribution in [0.25, 0.3) is 0 Å². The third kappa shape index (κ3) is 6.41. The monoisotopic (exact) mass is 585 g/mol. The minimum Gasteiger partial charge on any atom is -0.470 e. The van der Waals surface area contributed by atoms with Crippen LogP contribution in [0.15, 0.2) is 24.4 Å². The summed E-state index contributed by atoms with van der Waals surface area (Å²) in [6.07, 6.45) is -3.13. The lowest BCUT2D eigenvalue weighted by molar-refractivity contribution is -0.148. The van der Waals surface area contributed by atoms with E-state index in [1.54, 1.807) is 0 Å². The number of benzene rings is 1. The van der Waals surface area contributed by atoms with Gasteiger partial charge < -0.3 is 9.47 Å². The topological polar surface area (TPSA) is 97.8 Å². The van der Waals surface area contributed by atoms with E-state index in [1.807, 2.05) is 0 Å². The lowest BCUT2D eigenvalue weighted by Gasteiger charge is -2.37. The molecule has 2 heterocycles. The van der Waals surface area contributed by atoms with Crippen LogP contribution < -0.4 is 14.2 Å². The molecule has 0 radical (unpaired) electrons. The fourth-order valence-electron chi connectivity index (χ4n) is 2.58. The van der Waals surface area contributed by atoms with E-state index in [2.05, 4.69) is 9.72 Å². The molecule has 1 fully saturated rings. The average molecular weight is 586 g/mol. The quantitative estimate of drug-likeness (QED) is 0.434. The normalized spacial score (nSPS) is 15.9. The molecule has 0 bridgehead atoms. The molecule has 1 saturated heterocycles. The van der Waals surface area contributed by atoms with Crippen molar-refractivity contribution in [2.24, 2.45) is 0 Å². The summed E-state index contributed by atoms with van der Waals surface area (Å²) in [5, 5.41) is -0.852. The first kappa shape index (κ1) is 28.0. The summed E-state index contributed by atoms with van der Waals surface area (Å²) >= 11 is 11.7. The van der Waals surface area contributed by atoms with E-state index in [1.165, 1.54) is 4.72 Å². The van der Waals surface area contributed by atoms with Gasteiger partial charge in [-0.1, -0.05) is 23.2 Å². The van der Waals surface area contributed by atoms with Crippen LogP contribution in [0.5, 0.6) is 17.4 Å². The second-order valence-corrected chi connectivity index (χ2v) is 9.72. The van der Waals surface area contributed by atoms with Crippen molar-refractivity contribution in [2.75, 3.05) is 19.7 Å². The third-order valence-electron chi connectivity index (χ3n) is 4.37. The van der Waals surface area contributed by atoms with Crippen LogP contribution in [-0.2, 0) is 10.2 Å². The van der Waals surface area contributed by atoms with Crippen molar-refractivity contribution in [2.45, 2.75) is 18.3 Å². The van der Waals surface area contributed by atoms with Crippen LogP contribution in [0, 0.1) is 5.82 Å². The second-order valence-electron chi connectivity index (χ2n) is 7.23. The fraction of sp³-hybridized carbons (Fsp3) is 0.333. The first-order chi connectivity index (χ1) is 16.5. The molecule has 198 valence electrons. The van der Waals surface area contributed by atoms with E-state index >= 15 is 0 Å². The lowest BCUT2D eigenvalue weighted by Crippen LogP contribution is -2.61. The first-order valence-electron chi connectivity index (χ1n) is 9.32. The van der Waals surface area contributed by atoms with Crippen molar-refractivity contribution in [1.82, 2.24) is 14.0 Å². The zero-order chi connectivity index (χ0) is 27.1. The summed E-state index contributed by atoms with van der Waals surface area (Å²) in [6.45, 7) is -4.02. The van der Waals surface area contributed by atoms with Gasteiger partial charge >= 0.3 is 22.6 Å². The number of carbonyl (C=O) groups is 1. The number of ether oxygens (including phenoxy) is 2. The molecule has 0 unspecified atom stereocenters. The van der Waals surface area contributed by atoms with Crippen LogP contribution in [0.1, 0.15) is 10.4 Å². The van der Waals surface area contributed by atoms with Gasteiger partial charge in [0.15, 0.2) is 6.61 Å². The van der Waals surface area contributed by atoms with E-state index in [0.717, 1.165) is 12.3 Å². The number of pyridine rings is 1. The predicted octanol–water partition coefficient (Wildman–Crippen LogP) is 4.52. The van der Waals surface area contributed by atoms with Gasteiger partial charge in [-0.05, 0) is 6.07 Å². The van der Waals surface area contributed by atoms with E-state index in [4.69, 9.17) is 27.9 Å². The molecular weight excluding hydrogens is 574 g/mol. The molecule has 0 saturated carbocycles. The maximum atomic E-state index is 14.5. The van der Waals surface area contributed by atoms with Crippen LogP contribution in [0.4, 0.5) is 30.7 Å². The number of aromatic nitrogens is 1. The number of hydrogen-bond acceptors (Lipinski definition) is 6. The van der Waals surface area contributed by atoms with Gasteiger partial charge in [0.1, 0.15) is 22.3 Å². The molecule has 18 heteroatoms. The number of rotatable bonds is 9. The Morgan fingerprint density at radius 2 is 1.83 bits per heavy atom. The molecular formula is C18H12Cl2F7N3O5S. The molecule has 3 rings (SSSR count). The lowest BCUT2D eigenvalue weighted by atomic mass is 10.2. The molecule has 1 N–H and O–H groups in total. The van der Waals surface area contributed by atoms with Gasteiger partial charge in [0.2, 0.25) is 5.88 Å². The van der Waals surface area contributed by atoms with E-state index in [0.29, 0.717) is 12.1 Å². The smallest absolute Gasteiger partial charge is 0.340 e. The maximum Gasteiger partial charge on any atom is 0.340 e. The maximum absolute atomic E-state index is 14.5. The Morgan fingerprint density at radius 3 is 2.39 bits per heavy atom. The molecule has 1 aromatic carbocycles. The number of hydrogen-bond donors (Lipinski definition) is 1. The Bertz CT molecular complexity index is 1280. The van der Waals surface area contributed by atoms with Gasteiger partial charge in [-0.2, -0.15) is 21.5 Å². The zero-order valence-electron chi connectivity index (χ0n) is 17.3. The molecule has 8 nitrogen and oxygen atoms in total. The molecule has 0 aliphatic carbocycles. The van der Waals surface area contributed by atoms with Crippen molar-refractivity contribution in [3.8, 4) is 17.4 Å². The summed E-state index contributed by atoms with van der Waals surface area (Å²) in [4.78, 5) is 15.7. The SMILES string of the molecule is O=C(NS(=O)(=O)N1CC(F)(F)C1)c1cc(Cl)c(Oc2cnc(OCC(F)(F)C(F)F)c(Cl)c2)cc1F. The third-order valence-corrected chi connectivity index (χ3v) is 6.32. The van der Waals surface area contributed by atoms with Crippen LogP contribution >= 0.6 is 23.2 Å². The highest BCUT2D eigenvalue weighted by Crippen LogP contribution is 2.35. The Morgan fingerprint density at radius 1 is 1.19 bits per heavy atom. The molecule has 0 spiro atoms. The highest BCUT2D eigenvalue weighted by atomic mass is 35.5. The van der Waals surface area contributed by atoms with Crippen LogP contribution in [0.2, 0.25) is 10.0 Å². The standard InChI is InChI=1S/C18H12Cl2F7N3O5S/c19-10-2-9(14(31)29-36(32,33)30-5-17(24,25)6-30)12(21)3-13(10)35-8-1-11(20)15(28-4-8)34-7-18(26,27)16(22)23/h1-4,16H,5-7H2,(H,29,31). The van der Waals surface area contributed by atoms with E-state index in [-0.39, 0.29) is 10.1 Å². The van der Waals surface area contributed by atoms with Crippen molar-refractivity contribution < 1.29 is 53.4 Å². The molecule has 1 aliphatic heterocycles. The van der Waals surface area contributed by atoms with Gasteiger partial charge in [0, 0.05) is 12.1 Å². The Balaban J connectivity index is 1.70. The Kier molecular flexibility index (Phi) is 7.83. The fourth-order valence-corrected chi connectivity index (χ4v) is 4.19. The predicted molar refractivity (Wildman–Crippen MR) is 110 cm³/mol. The summed E-state index contributed by atoms with van der Waals surface area (Å²) in [5.41, 5.74) is -0.858. The second kappa shape index (κ2) is 10.1.